The fourth-order valence-electron chi connectivity index (χ4n) is 9.28. The predicted octanol–water partition coefficient (Wildman–Crippen LogP) is 4.96. The van der Waals surface area contributed by atoms with Crippen LogP contribution in [0.15, 0.2) is 53.6 Å². The van der Waals surface area contributed by atoms with Crippen LogP contribution in [0.25, 0.3) is 0 Å². The van der Waals surface area contributed by atoms with Crippen molar-refractivity contribution in [1.29, 1.82) is 0 Å². The average Bonchev–Trinajstić information content (AvgIpc) is 3.79. The summed E-state index contributed by atoms with van der Waals surface area (Å²) in [5, 5.41) is 8.59. The molecule has 4 saturated heterocycles. The molecule has 15 nitrogen and oxygen atoms in total. The van der Waals surface area contributed by atoms with Crippen LogP contribution in [0.3, 0.4) is 0 Å². The number of carbonyl (C=O) groups is 4. The quantitative estimate of drug-likeness (QED) is 0.197. The van der Waals surface area contributed by atoms with Gasteiger partial charge in [-0.3, -0.25) is 29.4 Å². The number of para-hydroxylation sites is 1. The molecule has 6 heterocycles. The predicted molar refractivity (Wildman–Crippen MR) is 229 cm³/mol. The van der Waals surface area contributed by atoms with E-state index < -0.39 is 38.9 Å². The zero-order chi connectivity index (χ0) is 42.1. The van der Waals surface area contributed by atoms with Crippen LogP contribution in [0.2, 0.25) is 5.02 Å². The normalized spacial score (nSPS) is 22.5. The van der Waals surface area contributed by atoms with Gasteiger partial charge in [0.1, 0.15) is 11.1 Å². The molecule has 0 spiro atoms. The number of imide groups is 2. The molecule has 0 radical (unpaired) electrons. The molecule has 4 amide bonds. The van der Waals surface area contributed by atoms with Gasteiger partial charge in [0, 0.05) is 50.9 Å². The number of rotatable bonds is 13. The standard InChI is InChI=1S/C43H54ClN9O6S/c1-27(2)60(58,59)37-6-4-3-5-35(37)47-39-34(44)24-45-43(49-39)46-30-16-20-51(26-30)19-13-28-11-17-50(18-12-28)25-29-14-21-52(22-15-29)31-7-8-32-33(23-31)42(57)53(41(32)56)36-9-10-38(54)48-40(36)55/h3-8,23-24,27-30,36H,9-22,25-26H2,1-2H3,(H,48,54,55)(H2,45,46,47,49). The molecule has 4 fully saturated rings. The molecule has 60 heavy (non-hydrogen) atoms. The van der Waals surface area contributed by atoms with Crippen LogP contribution in [0.5, 0.6) is 0 Å². The third kappa shape index (κ3) is 9.02. The van der Waals surface area contributed by atoms with Gasteiger partial charge in [0.05, 0.1) is 33.2 Å². The molecular formula is C43H54ClN9O6S. The van der Waals surface area contributed by atoms with Crippen molar-refractivity contribution in [3.63, 3.8) is 0 Å². The van der Waals surface area contributed by atoms with E-state index in [1.54, 1.807) is 50.2 Å². The number of anilines is 4. The molecule has 320 valence electrons. The van der Waals surface area contributed by atoms with Crippen LogP contribution in [0.1, 0.15) is 85.9 Å². The molecule has 3 N–H and O–H groups in total. The van der Waals surface area contributed by atoms with Crippen molar-refractivity contribution in [2.24, 2.45) is 11.8 Å². The number of sulfone groups is 1. The second-order valence-electron chi connectivity index (χ2n) is 17.2. The molecule has 0 bridgehead atoms. The van der Waals surface area contributed by atoms with Gasteiger partial charge in [-0.2, -0.15) is 4.98 Å². The Bertz CT molecular complexity index is 2240. The minimum Gasteiger partial charge on any atom is -0.371 e. The SMILES string of the molecule is CC(C)S(=O)(=O)c1ccccc1Nc1nc(NC2CCN(CCC3CCN(CC4CCN(c5ccc6c(c5)C(=O)N(C5CCC(=O)NC5=O)C6=O)CC4)CC3)C2)ncc1Cl. The fourth-order valence-corrected chi connectivity index (χ4v) is 10.6. The molecule has 5 aliphatic heterocycles. The van der Waals surface area contributed by atoms with Crippen LogP contribution in [0.4, 0.5) is 23.1 Å². The van der Waals surface area contributed by atoms with Crippen LogP contribution in [-0.4, -0.2) is 126 Å². The van der Waals surface area contributed by atoms with Crippen molar-refractivity contribution in [3.05, 3.63) is 64.8 Å². The number of halogens is 1. The molecule has 2 atom stereocenters. The number of hydrogen-bond acceptors (Lipinski definition) is 13. The molecule has 3 aromatic rings. The number of nitrogens with one attached hydrogen (secondary N) is 3. The van der Waals surface area contributed by atoms with Gasteiger partial charge in [0.15, 0.2) is 15.7 Å². The highest BCUT2D eigenvalue weighted by molar-refractivity contribution is 7.92. The molecule has 17 heteroatoms. The largest absolute Gasteiger partial charge is 0.371 e. The Kier molecular flexibility index (Phi) is 12.5. The fraction of sp³-hybridized carbons (Fsp3) is 0.535. The number of hydrogen-bond donors (Lipinski definition) is 3. The number of likely N-dealkylation sites (tertiary alicyclic amines) is 2. The van der Waals surface area contributed by atoms with Crippen molar-refractivity contribution >= 4 is 68.2 Å². The van der Waals surface area contributed by atoms with Gasteiger partial charge >= 0.3 is 0 Å². The summed E-state index contributed by atoms with van der Waals surface area (Å²) in [4.78, 5) is 68.2. The second-order valence-corrected chi connectivity index (χ2v) is 20.1. The third-order valence-corrected chi connectivity index (χ3v) is 15.4. The summed E-state index contributed by atoms with van der Waals surface area (Å²) in [6.45, 7) is 11.4. The Hall–Kier alpha value is -4.64. The van der Waals surface area contributed by atoms with Gasteiger partial charge in [-0.25, -0.2) is 13.4 Å². The molecule has 5 aliphatic rings. The van der Waals surface area contributed by atoms with E-state index in [0.29, 0.717) is 45.4 Å². The number of carbonyl (C=O) groups excluding carboxylic acids is 4. The lowest BCUT2D eigenvalue weighted by Crippen LogP contribution is -2.54. The maximum Gasteiger partial charge on any atom is 0.262 e. The molecule has 8 rings (SSSR count). The van der Waals surface area contributed by atoms with Crippen molar-refractivity contribution < 1.29 is 27.6 Å². The van der Waals surface area contributed by atoms with E-state index in [1.165, 1.54) is 25.5 Å². The summed E-state index contributed by atoms with van der Waals surface area (Å²) >= 11 is 6.45. The van der Waals surface area contributed by atoms with Crippen LogP contribution in [-0.2, 0) is 19.4 Å². The first-order valence-corrected chi connectivity index (χ1v) is 23.2. The van der Waals surface area contributed by atoms with Gasteiger partial charge < -0.3 is 25.3 Å². The van der Waals surface area contributed by atoms with E-state index in [1.807, 2.05) is 6.07 Å². The van der Waals surface area contributed by atoms with Gasteiger partial charge in [0.25, 0.3) is 11.8 Å². The Balaban J connectivity index is 0.749. The minimum absolute atomic E-state index is 0.0990. The van der Waals surface area contributed by atoms with Gasteiger partial charge in [0.2, 0.25) is 17.8 Å². The van der Waals surface area contributed by atoms with E-state index in [2.05, 4.69) is 40.6 Å². The monoisotopic (exact) mass is 859 g/mol. The van der Waals surface area contributed by atoms with Crippen molar-refractivity contribution in [2.45, 2.75) is 87.4 Å². The summed E-state index contributed by atoms with van der Waals surface area (Å²) in [5.74, 6) is 0.197. The van der Waals surface area contributed by atoms with Crippen molar-refractivity contribution in [1.82, 2.24) is 30.0 Å². The first-order chi connectivity index (χ1) is 28.8. The summed E-state index contributed by atoms with van der Waals surface area (Å²) in [5.41, 5.74) is 1.98. The molecule has 0 aliphatic carbocycles. The summed E-state index contributed by atoms with van der Waals surface area (Å²) in [6, 6.07) is 11.4. The van der Waals surface area contributed by atoms with E-state index >= 15 is 0 Å². The number of benzene rings is 2. The zero-order valence-electron chi connectivity index (χ0n) is 34.2. The lowest BCUT2D eigenvalue weighted by Gasteiger charge is -2.38. The topological polar surface area (TPSA) is 177 Å². The summed E-state index contributed by atoms with van der Waals surface area (Å²) in [7, 11) is -3.52. The van der Waals surface area contributed by atoms with Crippen molar-refractivity contribution in [3.8, 4) is 0 Å². The highest BCUT2D eigenvalue weighted by Crippen LogP contribution is 2.34. The first kappa shape index (κ1) is 42.1. The number of amides is 4. The first-order valence-electron chi connectivity index (χ1n) is 21.3. The van der Waals surface area contributed by atoms with E-state index in [9.17, 15) is 27.6 Å². The lowest BCUT2D eigenvalue weighted by molar-refractivity contribution is -0.136. The van der Waals surface area contributed by atoms with Crippen LogP contribution < -0.4 is 20.9 Å². The Morgan fingerprint density at radius 2 is 1.58 bits per heavy atom. The van der Waals surface area contributed by atoms with Gasteiger partial charge in [-0.05, 0) is 121 Å². The Morgan fingerprint density at radius 1 is 0.867 bits per heavy atom. The molecule has 0 saturated carbocycles. The second kappa shape index (κ2) is 17.8. The average molecular weight is 860 g/mol. The molecule has 2 aromatic carbocycles. The van der Waals surface area contributed by atoms with Crippen LogP contribution in [0, 0.1) is 11.8 Å². The van der Waals surface area contributed by atoms with Crippen LogP contribution >= 0.6 is 11.6 Å². The molecule has 2 unspecified atom stereocenters. The minimum atomic E-state index is -3.52. The summed E-state index contributed by atoms with van der Waals surface area (Å²) < 4.78 is 25.9. The highest BCUT2D eigenvalue weighted by Gasteiger charge is 2.45. The van der Waals surface area contributed by atoms with Crippen molar-refractivity contribution in [2.75, 3.05) is 67.9 Å². The number of fused-ring (bicyclic) bond motifs is 1. The van der Waals surface area contributed by atoms with E-state index in [4.69, 9.17) is 11.6 Å². The highest BCUT2D eigenvalue weighted by atomic mass is 35.5. The number of piperidine rings is 3. The lowest BCUT2D eigenvalue weighted by atomic mass is 9.91. The third-order valence-electron chi connectivity index (χ3n) is 12.9. The maximum atomic E-state index is 13.3. The maximum absolute atomic E-state index is 13.3. The Labute approximate surface area is 356 Å². The zero-order valence-corrected chi connectivity index (χ0v) is 35.8. The molecule has 1 aromatic heterocycles. The van der Waals surface area contributed by atoms with Gasteiger partial charge in [-0.15, -0.1) is 0 Å². The van der Waals surface area contributed by atoms with E-state index in [0.717, 1.165) is 82.2 Å². The Morgan fingerprint density at radius 3 is 2.33 bits per heavy atom. The van der Waals surface area contributed by atoms with Gasteiger partial charge in [-0.1, -0.05) is 23.7 Å². The number of nitrogens with zero attached hydrogens (tertiary/aromatic N) is 6. The number of aromatic nitrogens is 2. The molecular weight excluding hydrogens is 806 g/mol. The smallest absolute Gasteiger partial charge is 0.262 e. The summed E-state index contributed by atoms with van der Waals surface area (Å²) in [6.07, 6.45) is 8.49. The van der Waals surface area contributed by atoms with E-state index in [-0.39, 0.29) is 29.7 Å².